The Kier molecular flexibility index (Phi) is 4.48. The molecule has 2 aliphatic rings. The SMILES string of the molecule is COCCC1(C(=O)N2CCN(Cc3nc4ccccc4[nH]3)CC2)CC1. The number of benzene rings is 1. The van der Waals surface area contributed by atoms with E-state index in [9.17, 15) is 4.79 Å². The van der Waals surface area contributed by atoms with Gasteiger partial charge in [-0.05, 0) is 31.4 Å². The molecule has 4 rings (SSSR count). The fraction of sp³-hybridized carbons (Fsp3) is 0.579. The maximum absolute atomic E-state index is 12.8. The van der Waals surface area contributed by atoms with Crippen molar-refractivity contribution in [3.63, 3.8) is 0 Å². The zero-order valence-corrected chi connectivity index (χ0v) is 14.8. The molecular weight excluding hydrogens is 316 g/mol. The van der Waals surface area contributed by atoms with Gasteiger partial charge in [0, 0.05) is 39.9 Å². The number of carbonyl (C=O) groups excluding carboxylic acids is 1. The summed E-state index contributed by atoms with van der Waals surface area (Å²) in [5.74, 6) is 1.34. The molecule has 2 heterocycles. The van der Waals surface area contributed by atoms with Gasteiger partial charge in [-0.25, -0.2) is 4.98 Å². The molecule has 1 saturated carbocycles. The lowest BCUT2D eigenvalue weighted by molar-refractivity contribution is -0.139. The van der Waals surface area contributed by atoms with Crippen LogP contribution in [0.5, 0.6) is 0 Å². The first-order chi connectivity index (χ1) is 12.2. The van der Waals surface area contributed by atoms with Gasteiger partial charge in [-0.1, -0.05) is 12.1 Å². The number of hydrogen-bond donors (Lipinski definition) is 1. The van der Waals surface area contributed by atoms with E-state index in [0.29, 0.717) is 12.5 Å². The molecule has 1 N–H and O–H groups in total. The van der Waals surface area contributed by atoms with Gasteiger partial charge in [0.25, 0.3) is 0 Å². The number of amides is 1. The summed E-state index contributed by atoms with van der Waals surface area (Å²) >= 11 is 0. The van der Waals surface area contributed by atoms with E-state index in [2.05, 4.69) is 25.8 Å². The number of para-hydroxylation sites is 2. The normalized spacial score (nSPS) is 20.1. The molecule has 0 spiro atoms. The van der Waals surface area contributed by atoms with Crippen LogP contribution >= 0.6 is 0 Å². The third-order valence-corrected chi connectivity index (χ3v) is 5.56. The molecule has 134 valence electrons. The molecule has 1 aromatic heterocycles. The number of H-pyrrole nitrogens is 1. The molecule has 6 heteroatoms. The van der Waals surface area contributed by atoms with Crippen molar-refractivity contribution in [3.05, 3.63) is 30.1 Å². The standard InChI is InChI=1S/C19H26N4O2/c1-25-13-8-19(6-7-19)18(24)23-11-9-22(10-12-23)14-17-20-15-4-2-3-5-16(15)21-17/h2-5H,6-14H2,1H3,(H,20,21). The second-order valence-corrected chi connectivity index (χ2v) is 7.29. The smallest absolute Gasteiger partial charge is 0.228 e. The third kappa shape index (κ3) is 3.41. The summed E-state index contributed by atoms with van der Waals surface area (Å²) in [6.07, 6.45) is 2.91. The number of imidazole rings is 1. The fourth-order valence-corrected chi connectivity index (χ4v) is 3.76. The lowest BCUT2D eigenvalue weighted by Crippen LogP contribution is -2.50. The van der Waals surface area contributed by atoms with Crippen LogP contribution in [0.3, 0.4) is 0 Å². The monoisotopic (exact) mass is 342 g/mol. The number of nitrogens with zero attached hydrogens (tertiary/aromatic N) is 3. The van der Waals surface area contributed by atoms with Gasteiger partial charge >= 0.3 is 0 Å². The Balaban J connectivity index is 1.31. The lowest BCUT2D eigenvalue weighted by Gasteiger charge is -2.36. The first-order valence-corrected chi connectivity index (χ1v) is 9.14. The minimum absolute atomic E-state index is 0.114. The largest absolute Gasteiger partial charge is 0.385 e. The topological polar surface area (TPSA) is 61.5 Å². The van der Waals surface area contributed by atoms with Crippen molar-refractivity contribution >= 4 is 16.9 Å². The van der Waals surface area contributed by atoms with E-state index in [0.717, 1.165) is 68.8 Å². The van der Waals surface area contributed by atoms with Crippen LogP contribution in [-0.4, -0.2) is 65.6 Å². The minimum Gasteiger partial charge on any atom is -0.385 e. The van der Waals surface area contributed by atoms with Crippen molar-refractivity contribution in [3.8, 4) is 0 Å². The number of carbonyl (C=O) groups is 1. The van der Waals surface area contributed by atoms with Gasteiger partial charge < -0.3 is 14.6 Å². The van der Waals surface area contributed by atoms with E-state index < -0.39 is 0 Å². The van der Waals surface area contributed by atoms with Crippen molar-refractivity contribution in [2.24, 2.45) is 5.41 Å². The highest BCUT2D eigenvalue weighted by Gasteiger charge is 2.51. The van der Waals surface area contributed by atoms with E-state index in [-0.39, 0.29) is 5.41 Å². The first kappa shape index (κ1) is 16.5. The molecule has 6 nitrogen and oxygen atoms in total. The van der Waals surface area contributed by atoms with E-state index >= 15 is 0 Å². The number of rotatable bonds is 6. The summed E-state index contributed by atoms with van der Waals surface area (Å²) in [5.41, 5.74) is 1.98. The highest BCUT2D eigenvalue weighted by atomic mass is 16.5. The van der Waals surface area contributed by atoms with Crippen molar-refractivity contribution < 1.29 is 9.53 Å². The van der Waals surface area contributed by atoms with E-state index in [1.165, 1.54) is 0 Å². The summed E-state index contributed by atoms with van der Waals surface area (Å²) in [4.78, 5) is 25.3. The number of aromatic amines is 1. The molecule has 1 amide bonds. The highest BCUT2D eigenvalue weighted by molar-refractivity contribution is 5.85. The van der Waals surface area contributed by atoms with Crippen LogP contribution in [0.25, 0.3) is 11.0 Å². The van der Waals surface area contributed by atoms with Crippen LogP contribution in [0, 0.1) is 5.41 Å². The average molecular weight is 342 g/mol. The molecule has 0 radical (unpaired) electrons. The molecule has 1 saturated heterocycles. The Hall–Kier alpha value is -1.92. The zero-order chi connectivity index (χ0) is 17.3. The molecule has 25 heavy (non-hydrogen) atoms. The molecule has 2 fully saturated rings. The summed E-state index contributed by atoms with van der Waals surface area (Å²) in [5, 5.41) is 0. The Bertz CT molecular complexity index is 712. The summed E-state index contributed by atoms with van der Waals surface area (Å²) in [6, 6.07) is 8.11. The van der Waals surface area contributed by atoms with Crippen LogP contribution in [0.2, 0.25) is 0 Å². The van der Waals surface area contributed by atoms with Gasteiger partial charge in [-0.15, -0.1) is 0 Å². The quantitative estimate of drug-likeness (QED) is 0.872. The van der Waals surface area contributed by atoms with Crippen LogP contribution in [0.1, 0.15) is 25.1 Å². The van der Waals surface area contributed by atoms with Crippen LogP contribution in [-0.2, 0) is 16.1 Å². The Morgan fingerprint density at radius 2 is 2.00 bits per heavy atom. The molecular formula is C19H26N4O2. The Morgan fingerprint density at radius 3 is 2.68 bits per heavy atom. The molecule has 1 aliphatic carbocycles. The molecule has 1 aliphatic heterocycles. The van der Waals surface area contributed by atoms with Gasteiger partial charge in [0.2, 0.25) is 5.91 Å². The van der Waals surface area contributed by atoms with Gasteiger partial charge in [0.15, 0.2) is 0 Å². The van der Waals surface area contributed by atoms with Crippen molar-refractivity contribution in [2.75, 3.05) is 39.9 Å². The number of fused-ring (bicyclic) bond motifs is 1. The van der Waals surface area contributed by atoms with Crippen LogP contribution in [0.15, 0.2) is 24.3 Å². The Morgan fingerprint density at radius 1 is 1.24 bits per heavy atom. The van der Waals surface area contributed by atoms with Crippen molar-refractivity contribution in [1.82, 2.24) is 19.8 Å². The second kappa shape index (κ2) is 6.77. The minimum atomic E-state index is -0.114. The van der Waals surface area contributed by atoms with E-state index in [1.807, 2.05) is 18.2 Å². The summed E-state index contributed by atoms with van der Waals surface area (Å²) < 4.78 is 5.17. The van der Waals surface area contributed by atoms with Gasteiger partial charge in [-0.3, -0.25) is 9.69 Å². The lowest BCUT2D eigenvalue weighted by atomic mass is 10.0. The zero-order valence-electron chi connectivity index (χ0n) is 14.8. The van der Waals surface area contributed by atoms with Crippen LogP contribution in [0.4, 0.5) is 0 Å². The number of nitrogens with one attached hydrogen (secondary N) is 1. The van der Waals surface area contributed by atoms with Crippen molar-refractivity contribution in [1.29, 1.82) is 0 Å². The molecule has 2 aromatic rings. The number of aromatic nitrogens is 2. The van der Waals surface area contributed by atoms with Gasteiger partial charge in [0.1, 0.15) is 5.82 Å². The molecule has 0 bridgehead atoms. The highest BCUT2D eigenvalue weighted by Crippen LogP contribution is 2.50. The molecule has 1 aromatic carbocycles. The Labute approximate surface area is 148 Å². The molecule has 0 atom stereocenters. The average Bonchev–Trinajstić information content (AvgIpc) is 3.32. The predicted molar refractivity (Wildman–Crippen MR) is 96.1 cm³/mol. The summed E-state index contributed by atoms with van der Waals surface area (Å²) in [7, 11) is 1.71. The molecule has 0 unspecified atom stereocenters. The predicted octanol–water partition coefficient (Wildman–Crippen LogP) is 2.02. The maximum atomic E-state index is 12.8. The first-order valence-electron chi connectivity index (χ1n) is 9.14. The van der Waals surface area contributed by atoms with Gasteiger partial charge in [-0.2, -0.15) is 0 Å². The van der Waals surface area contributed by atoms with E-state index in [1.54, 1.807) is 7.11 Å². The third-order valence-electron chi connectivity index (χ3n) is 5.56. The van der Waals surface area contributed by atoms with Gasteiger partial charge in [0.05, 0.1) is 23.0 Å². The number of ether oxygens (including phenoxy) is 1. The van der Waals surface area contributed by atoms with E-state index in [4.69, 9.17) is 4.74 Å². The summed E-state index contributed by atoms with van der Waals surface area (Å²) in [6.45, 7) is 4.93. The van der Waals surface area contributed by atoms with Crippen LogP contribution < -0.4 is 0 Å². The maximum Gasteiger partial charge on any atom is 0.228 e. The number of piperazine rings is 1. The second-order valence-electron chi connectivity index (χ2n) is 7.29. The number of methoxy groups -OCH3 is 1. The number of hydrogen-bond acceptors (Lipinski definition) is 4. The van der Waals surface area contributed by atoms with Crippen molar-refractivity contribution in [2.45, 2.75) is 25.8 Å². The fourth-order valence-electron chi connectivity index (χ4n) is 3.76.